The minimum atomic E-state index is -0.0387. The molecule has 1 aromatic heterocycles. The van der Waals surface area contributed by atoms with E-state index in [4.69, 9.17) is 16.3 Å². The number of nitrogens with one attached hydrogen (secondary N) is 1. The van der Waals surface area contributed by atoms with Crippen molar-refractivity contribution < 1.29 is 9.84 Å². The smallest absolute Gasteiger partial charge is 0.149 e. The summed E-state index contributed by atoms with van der Waals surface area (Å²) in [5.74, 6) is 1.11. The number of phenolic OH excluding ortho intramolecular Hbond substituents is 1. The van der Waals surface area contributed by atoms with E-state index in [1.54, 1.807) is 31.4 Å². The fourth-order valence-electron chi connectivity index (χ4n) is 2.23. The van der Waals surface area contributed by atoms with Crippen LogP contribution in [0, 0.1) is 11.3 Å². The number of hydrogen-bond acceptors (Lipinski definition) is 4. The number of hydrogen-bond donors (Lipinski definition) is 2. The van der Waals surface area contributed by atoms with E-state index < -0.39 is 0 Å². The van der Waals surface area contributed by atoms with Gasteiger partial charge in [-0.05, 0) is 51.8 Å². The molecule has 0 spiro atoms. The van der Waals surface area contributed by atoms with Gasteiger partial charge < -0.3 is 14.8 Å². The monoisotopic (exact) mass is 403 g/mol. The zero-order chi connectivity index (χ0) is 17.3. The number of ether oxygens (including phenoxy) is 1. The lowest BCUT2D eigenvalue weighted by Crippen LogP contribution is -1.85. The number of halogens is 2. The molecule has 0 bridgehead atoms. The van der Waals surface area contributed by atoms with Crippen molar-refractivity contribution >= 4 is 50.2 Å². The van der Waals surface area contributed by atoms with Crippen LogP contribution < -0.4 is 4.74 Å². The molecule has 1 heterocycles. The van der Waals surface area contributed by atoms with Crippen molar-refractivity contribution in [2.45, 2.75) is 0 Å². The maximum Gasteiger partial charge on any atom is 0.149 e. The van der Waals surface area contributed by atoms with Crippen molar-refractivity contribution in [3.8, 4) is 17.6 Å². The van der Waals surface area contributed by atoms with Gasteiger partial charge in [-0.1, -0.05) is 11.6 Å². The summed E-state index contributed by atoms with van der Waals surface area (Å²) >= 11 is 9.18. The summed E-state index contributed by atoms with van der Waals surface area (Å²) in [7, 11) is 1.59. The molecule has 0 fully saturated rings. The maximum atomic E-state index is 9.69. The van der Waals surface area contributed by atoms with Gasteiger partial charge in [-0.2, -0.15) is 5.26 Å². The molecule has 3 rings (SSSR count). The second kappa shape index (κ2) is 6.56. The SMILES string of the molecule is COc1ccc2nc(/C(C#N)=C\c3cc(Cl)c(O)c(Br)c3)[nH]c2c1. The molecule has 2 N–H and O–H groups in total. The van der Waals surface area contributed by atoms with Crippen LogP contribution in [0.3, 0.4) is 0 Å². The van der Waals surface area contributed by atoms with Gasteiger partial charge in [-0.3, -0.25) is 0 Å². The Morgan fingerprint density at radius 1 is 1.42 bits per heavy atom. The molecule has 0 aliphatic heterocycles. The molecule has 0 unspecified atom stereocenters. The van der Waals surface area contributed by atoms with Gasteiger partial charge in [-0.15, -0.1) is 0 Å². The minimum Gasteiger partial charge on any atom is -0.505 e. The molecule has 5 nitrogen and oxygen atoms in total. The molecule has 2 aromatic carbocycles. The first kappa shape index (κ1) is 16.4. The normalized spacial score (nSPS) is 11.5. The third kappa shape index (κ3) is 3.09. The van der Waals surface area contributed by atoms with Crippen molar-refractivity contribution in [1.82, 2.24) is 9.97 Å². The molecule has 0 radical (unpaired) electrons. The van der Waals surface area contributed by atoms with Crippen molar-refractivity contribution in [3.05, 3.63) is 51.2 Å². The average molecular weight is 405 g/mol. The van der Waals surface area contributed by atoms with E-state index in [2.05, 4.69) is 32.0 Å². The first-order valence-electron chi connectivity index (χ1n) is 6.85. The number of nitrogens with zero attached hydrogens (tertiary/aromatic N) is 2. The van der Waals surface area contributed by atoms with E-state index >= 15 is 0 Å². The molecular weight excluding hydrogens is 394 g/mol. The van der Waals surface area contributed by atoms with Gasteiger partial charge in [0.2, 0.25) is 0 Å². The molecule has 24 heavy (non-hydrogen) atoms. The number of methoxy groups -OCH3 is 1. The zero-order valence-electron chi connectivity index (χ0n) is 12.5. The Bertz CT molecular complexity index is 982. The average Bonchev–Trinajstić information content (AvgIpc) is 3.00. The number of nitriles is 1. The predicted octanol–water partition coefficient (Wildman–Crippen LogP) is 4.76. The number of fused-ring (bicyclic) bond motifs is 1. The predicted molar refractivity (Wildman–Crippen MR) is 96.9 cm³/mol. The fourth-order valence-corrected chi connectivity index (χ4v) is 3.05. The first-order valence-corrected chi connectivity index (χ1v) is 8.03. The van der Waals surface area contributed by atoms with Crippen LogP contribution >= 0.6 is 27.5 Å². The van der Waals surface area contributed by atoms with Crippen LogP contribution in [0.25, 0.3) is 22.7 Å². The number of imidazole rings is 1. The highest BCUT2D eigenvalue weighted by molar-refractivity contribution is 9.10. The number of aromatic hydroxyl groups is 1. The van der Waals surface area contributed by atoms with E-state index in [0.717, 1.165) is 11.0 Å². The summed E-state index contributed by atoms with van der Waals surface area (Å²) in [6.45, 7) is 0. The fraction of sp³-hybridized carbons (Fsp3) is 0.0588. The Morgan fingerprint density at radius 3 is 2.88 bits per heavy atom. The summed E-state index contributed by atoms with van der Waals surface area (Å²) in [4.78, 5) is 7.53. The van der Waals surface area contributed by atoms with Crippen LogP contribution in [0.2, 0.25) is 5.02 Å². The third-order valence-electron chi connectivity index (χ3n) is 3.41. The van der Waals surface area contributed by atoms with Crippen molar-refractivity contribution in [2.24, 2.45) is 0 Å². The summed E-state index contributed by atoms with van der Waals surface area (Å²) in [5, 5.41) is 19.3. The minimum absolute atomic E-state index is 0.0387. The lowest BCUT2D eigenvalue weighted by molar-refractivity contribution is 0.415. The van der Waals surface area contributed by atoms with Gasteiger partial charge in [0, 0.05) is 6.07 Å². The summed E-state index contributed by atoms with van der Waals surface area (Å²) < 4.78 is 5.63. The molecule has 0 saturated carbocycles. The number of phenols is 1. The topological polar surface area (TPSA) is 81.9 Å². The highest BCUT2D eigenvalue weighted by Crippen LogP contribution is 2.34. The molecule has 120 valence electrons. The van der Waals surface area contributed by atoms with E-state index in [9.17, 15) is 10.4 Å². The number of rotatable bonds is 3. The van der Waals surface area contributed by atoms with E-state index in [1.165, 1.54) is 0 Å². The molecule has 0 amide bonds. The van der Waals surface area contributed by atoms with Crippen LogP contribution in [0.15, 0.2) is 34.8 Å². The molecule has 0 atom stereocenters. The Morgan fingerprint density at radius 2 is 2.21 bits per heavy atom. The van der Waals surface area contributed by atoms with Crippen molar-refractivity contribution in [3.63, 3.8) is 0 Å². The first-order chi connectivity index (χ1) is 11.5. The Labute approximate surface area is 151 Å². The van der Waals surface area contributed by atoms with Gasteiger partial charge in [0.05, 0.1) is 33.2 Å². The number of aromatic nitrogens is 2. The summed E-state index contributed by atoms with van der Waals surface area (Å²) in [6, 6.07) is 10.8. The number of allylic oxidation sites excluding steroid dienone is 1. The lowest BCUT2D eigenvalue weighted by atomic mass is 10.1. The molecule has 0 aliphatic carbocycles. The van der Waals surface area contributed by atoms with Gasteiger partial charge in [0.25, 0.3) is 0 Å². The molecular formula is C17H11BrClN3O2. The lowest BCUT2D eigenvalue weighted by Gasteiger charge is -2.02. The van der Waals surface area contributed by atoms with Gasteiger partial charge in [-0.25, -0.2) is 4.98 Å². The zero-order valence-corrected chi connectivity index (χ0v) is 14.8. The quantitative estimate of drug-likeness (QED) is 0.617. The highest BCUT2D eigenvalue weighted by atomic mass is 79.9. The van der Waals surface area contributed by atoms with Crippen LogP contribution in [-0.4, -0.2) is 22.2 Å². The van der Waals surface area contributed by atoms with Crippen molar-refractivity contribution in [1.29, 1.82) is 5.26 Å². The second-order valence-electron chi connectivity index (χ2n) is 4.97. The molecule has 7 heteroatoms. The van der Waals surface area contributed by atoms with Crippen LogP contribution in [0.4, 0.5) is 0 Å². The second-order valence-corrected chi connectivity index (χ2v) is 6.23. The van der Waals surface area contributed by atoms with Crippen LogP contribution in [0.1, 0.15) is 11.4 Å². The van der Waals surface area contributed by atoms with Gasteiger partial charge >= 0.3 is 0 Å². The number of benzene rings is 2. The maximum absolute atomic E-state index is 9.69. The number of aromatic amines is 1. The van der Waals surface area contributed by atoms with Crippen LogP contribution in [-0.2, 0) is 0 Å². The van der Waals surface area contributed by atoms with Crippen LogP contribution in [0.5, 0.6) is 11.5 Å². The van der Waals surface area contributed by atoms with E-state index in [-0.39, 0.29) is 10.8 Å². The summed E-state index contributed by atoms with van der Waals surface area (Å²) in [5.41, 5.74) is 2.52. The summed E-state index contributed by atoms with van der Waals surface area (Å²) in [6.07, 6.45) is 1.64. The van der Waals surface area contributed by atoms with Gasteiger partial charge in [0.1, 0.15) is 23.4 Å². The van der Waals surface area contributed by atoms with Crippen molar-refractivity contribution in [2.75, 3.05) is 7.11 Å². The third-order valence-corrected chi connectivity index (χ3v) is 4.31. The molecule has 3 aromatic rings. The molecule has 0 aliphatic rings. The molecule has 0 saturated heterocycles. The Hall–Kier alpha value is -2.49. The Balaban J connectivity index is 2.07. The highest BCUT2D eigenvalue weighted by Gasteiger charge is 2.11. The van der Waals surface area contributed by atoms with E-state index in [1.807, 2.05) is 12.1 Å². The largest absolute Gasteiger partial charge is 0.505 e. The van der Waals surface area contributed by atoms with Gasteiger partial charge in [0.15, 0.2) is 0 Å². The Kier molecular flexibility index (Phi) is 4.47. The van der Waals surface area contributed by atoms with E-state index in [0.29, 0.717) is 27.2 Å². The number of H-pyrrole nitrogens is 1. The standard InChI is InChI=1S/C17H11BrClN3O2/c1-24-11-2-3-14-15(7-11)22-17(21-14)10(8-20)4-9-5-12(18)16(23)13(19)6-9/h2-7,23H,1H3,(H,21,22)/b10-4-.